The molecule has 1 aliphatic heterocycles. The number of hydrogen-bond donors (Lipinski definition) is 1. The van der Waals surface area contributed by atoms with Crippen LogP contribution in [0.3, 0.4) is 0 Å². The molecule has 1 saturated heterocycles. The van der Waals surface area contributed by atoms with Gasteiger partial charge in [0.1, 0.15) is 0 Å². The quantitative estimate of drug-likeness (QED) is 0.912. The zero-order valence-corrected chi connectivity index (χ0v) is 12.7. The Labute approximate surface area is 119 Å². The largest absolute Gasteiger partial charge is 0.367 e. The van der Waals surface area contributed by atoms with Crippen molar-refractivity contribution in [3.8, 4) is 0 Å². The van der Waals surface area contributed by atoms with Crippen LogP contribution in [0.4, 0.5) is 5.69 Å². The van der Waals surface area contributed by atoms with Gasteiger partial charge in [-0.15, -0.1) is 0 Å². The molecule has 0 radical (unpaired) electrons. The minimum absolute atomic E-state index is 0.586. The van der Waals surface area contributed by atoms with Crippen LogP contribution in [0.5, 0.6) is 0 Å². The summed E-state index contributed by atoms with van der Waals surface area (Å²) >= 11 is 8.40. The Bertz CT molecular complexity index is 397. The highest BCUT2D eigenvalue weighted by Gasteiger charge is 2.21. The molecule has 1 N–H and O–H groups in total. The predicted molar refractivity (Wildman–Crippen MR) is 83.0 cm³/mol. The van der Waals surface area contributed by atoms with Crippen molar-refractivity contribution in [1.29, 1.82) is 0 Å². The van der Waals surface area contributed by atoms with Gasteiger partial charge in [-0.3, -0.25) is 0 Å². The number of anilines is 1. The van der Waals surface area contributed by atoms with Crippen molar-refractivity contribution in [2.24, 2.45) is 0 Å². The maximum Gasteiger partial charge on any atom is 0.0471 e. The Kier molecular flexibility index (Phi) is 5.22. The highest BCUT2D eigenvalue weighted by molar-refractivity contribution is 7.99. The molecule has 1 aromatic rings. The number of hydrogen-bond acceptors (Lipinski definition) is 3. The van der Waals surface area contributed by atoms with Crippen LogP contribution in [-0.2, 0) is 6.54 Å². The van der Waals surface area contributed by atoms with Gasteiger partial charge in [0.15, 0.2) is 0 Å². The van der Waals surface area contributed by atoms with Crippen molar-refractivity contribution in [3.63, 3.8) is 0 Å². The van der Waals surface area contributed by atoms with Gasteiger partial charge in [0, 0.05) is 46.9 Å². The monoisotopic (exact) mass is 284 g/mol. The Morgan fingerprint density at radius 3 is 3.06 bits per heavy atom. The smallest absolute Gasteiger partial charge is 0.0471 e. The topological polar surface area (TPSA) is 15.3 Å². The van der Waals surface area contributed by atoms with Crippen LogP contribution in [0.2, 0.25) is 5.02 Å². The van der Waals surface area contributed by atoms with Crippen LogP contribution >= 0.6 is 23.4 Å². The number of nitrogens with zero attached hydrogens (tertiary/aromatic N) is 1. The van der Waals surface area contributed by atoms with Gasteiger partial charge in [0.25, 0.3) is 0 Å². The van der Waals surface area contributed by atoms with Crippen molar-refractivity contribution in [2.75, 3.05) is 29.5 Å². The summed E-state index contributed by atoms with van der Waals surface area (Å²) in [7, 11) is 0. The van der Waals surface area contributed by atoms with Gasteiger partial charge < -0.3 is 10.2 Å². The lowest BCUT2D eigenvalue weighted by Gasteiger charge is -2.36. The van der Waals surface area contributed by atoms with E-state index in [1.54, 1.807) is 0 Å². The molecule has 0 aliphatic carbocycles. The molecule has 1 atom stereocenters. The van der Waals surface area contributed by atoms with Gasteiger partial charge in [-0.25, -0.2) is 0 Å². The van der Waals surface area contributed by atoms with Crippen LogP contribution in [0.1, 0.15) is 19.4 Å². The lowest BCUT2D eigenvalue weighted by molar-refractivity contribution is 0.681. The van der Waals surface area contributed by atoms with Crippen molar-refractivity contribution in [1.82, 2.24) is 5.32 Å². The van der Waals surface area contributed by atoms with Gasteiger partial charge >= 0.3 is 0 Å². The Morgan fingerprint density at radius 2 is 2.33 bits per heavy atom. The van der Waals surface area contributed by atoms with E-state index in [4.69, 9.17) is 11.6 Å². The summed E-state index contributed by atoms with van der Waals surface area (Å²) in [5, 5.41) is 4.26. The van der Waals surface area contributed by atoms with Gasteiger partial charge in [0.2, 0.25) is 0 Å². The molecule has 0 spiro atoms. The summed E-state index contributed by atoms with van der Waals surface area (Å²) in [5.74, 6) is 2.41. The molecule has 100 valence electrons. The van der Waals surface area contributed by atoms with Gasteiger partial charge in [-0.2, -0.15) is 11.8 Å². The van der Waals surface area contributed by atoms with Gasteiger partial charge in [0.05, 0.1) is 0 Å². The molecule has 0 amide bonds. The summed E-state index contributed by atoms with van der Waals surface area (Å²) in [4.78, 5) is 2.50. The molecule has 1 aliphatic rings. The van der Waals surface area contributed by atoms with Crippen LogP contribution in [0.15, 0.2) is 18.2 Å². The molecule has 2 rings (SSSR count). The first kappa shape index (κ1) is 14.0. The second-order valence-electron chi connectivity index (χ2n) is 4.64. The fourth-order valence-corrected chi connectivity index (χ4v) is 3.58. The molecular formula is C14H21ClN2S. The fraction of sp³-hybridized carbons (Fsp3) is 0.571. The highest BCUT2D eigenvalue weighted by Crippen LogP contribution is 2.31. The van der Waals surface area contributed by atoms with Crippen LogP contribution in [-0.4, -0.2) is 30.6 Å². The summed E-state index contributed by atoms with van der Waals surface area (Å²) < 4.78 is 0. The minimum Gasteiger partial charge on any atom is -0.367 e. The molecular weight excluding hydrogens is 264 g/mol. The maximum atomic E-state index is 6.36. The van der Waals surface area contributed by atoms with E-state index in [1.165, 1.54) is 22.8 Å². The fourth-order valence-electron chi connectivity index (χ4n) is 2.33. The maximum absolute atomic E-state index is 6.36. The number of halogens is 1. The first-order valence-corrected chi connectivity index (χ1v) is 8.09. The average molecular weight is 285 g/mol. The first-order valence-electron chi connectivity index (χ1n) is 6.56. The van der Waals surface area contributed by atoms with E-state index >= 15 is 0 Å². The Hall–Kier alpha value is -0.380. The van der Waals surface area contributed by atoms with Crippen molar-refractivity contribution in [3.05, 3.63) is 28.8 Å². The van der Waals surface area contributed by atoms with E-state index < -0.39 is 0 Å². The summed E-state index contributed by atoms with van der Waals surface area (Å²) in [6.45, 7) is 7.35. The summed E-state index contributed by atoms with van der Waals surface area (Å²) in [6.07, 6.45) is 0. The van der Waals surface area contributed by atoms with Gasteiger partial charge in [-0.05, 0) is 25.6 Å². The molecule has 2 nitrogen and oxygen atoms in total. The second kappa shape index (κ2) is 6.69. The molecule has 1 unspecified atom stereocenters. The van der Waals surface area contributed by atoms with Crippen molar-refractivity contribution >= 4 is 29.1 Å². The SMILES string of the molecule is CCNCc1c(Cl)cccc1N1CCSCC1C. The minimum atomic E-state index is 0.586. The lowest BCUT2D eigenvalue weighted by Crippen LogP contribution is -2.41. The molecule has 0 saturated carbocycles. The molecule has 4 heteroatoms. The summed E-state index contributed by atoms with van der Waals surface area (Å²) in [5.41, 5.74) is 2.54. The third-order valence-corrected chi connectivity index (χ3v) is 4.87. The van der Waals surface area contributed by atoms with E-state index in [0.717, 1.165) is 24.7 Å². The standard InChI is InChI=1S/C14H21ClN2S/c1-3-16-9-12-13(15)5-4-6-14(12)17-7-8-18-10-11(17)2/h4-6,11,16H,3,7-10H2,1-2H3. The van der Waals surface area contributed by atoms with Gasteiger partial charge in [-0.1, -0.05) is 24.6 Å². The third-order valence-electron chi connectivity index (χ3n) is 3.32. The van der Waals surface area contributed by atoms with E-state index in [1.807, 2.05) is 17.8 Å². The molecule has 0 bridgehead atoms. The molecule has 1 heterocycles. The first-order chi connectivity index (χ1) is 8.74. The van der Waals surface area contributed by atoms with Crippen molar-refractivity contribution in [2.45, 2.75) is 26.4 Å². The van der Waals surface area contributed by atoms with Crippen molar-refractivity contribution < 1.29 is 0 Å². The predicted octanol–water partition coefficient (Wildman–Crippen LogP) is 3.39. The Morgan fingerprint density at radius 1 is 1.50 bits per heavy atom. The molecule has 1 aromatic carbocycles. The number of thioether (sulfide) groups is 1. The van der Waals surface area contributed by atoms with E-state index in [-0.39, 0.29) is 0 Å². The third kappa shape index (κ3) is 3.14. The number of benzene rings is 1. The average Bonchev–Trinajstić information content (AvgIpc) is 2.38. The van der Waals surface area contributed by atoms with Crippen LogP contribution in [0, 0.1) is 0 Å². The zero-order valence-electron chi connectivity index (χ0n) is 11.1. The van der Waals surface area contributed by atoms with E-state index in [9.17, 15) is 0 Å². The summed E-state index contributed by atoms with van der Waals surface area (Å²) in [6, 6.07) is 6.83. The van der Waals surface area contributed by atoms with Crippen LogP contribution < -0.4 is 10.2 Å². The molecule has 18 heavy (non-hydrogen) atoms. The number of rotatable bonds is 4. The zero-order chi connectivity index (χ0) is 13.0. The Balaban J connectivity index is 2.27. The molecule has 0 aromatic heterocycles. The van der Waals surface area contributed by atoms with Crippen LogP contribution in [0.25, 0.3) is 0 Å². The molecule has 1 fully saturated rings. The highest BCUT2D eigenvalue weighted by atomic mass is 35.5. The van der Waals surface area contributed by atoms with E-state index in [2.05, 4.69) is 36.2 Å². The lowest BCUT2D eigenvalue weighted by atomic mass is 10.1. The number of nitrogens with one attached hydrogen (secondary N) is 1. The normalized spacial score (nSPS) is 20.2. The second-order valence-corrected chi connectivity index (χ2v) is 6.19. The van der Waals surface area contributed by atoms with E-state index in [0.29, 0.717) is 6.04 Å².